The number of benzene rings is 1. The van der Waals surface area contributed by atoms with Crippen molar-refractivity contribution >= 4 is 64.4 Å². The van der Waals surface area contributed by atoms with Crippen molar-refractivity contribution in [3.63, 3.8) is 0 Å². The molecule has 0 spiro atoms. The lowest BCUT2D eigenvalue weighted by Crippen LogP contribution is -2.59. The molecular weight excluding hydrogens is 735 g/mol. The number of thioether (sulfide) groups is 1. The number of carbonyl (C=O) groups excluding carboxylic acids is 6. The van der Waals surface area contributed by atoms with Gasteiger partial charge in [-0.25, -0.2) is 4.98 Å². The molecule has 0 saturated heterocycles. The summed E-state index contributed by atoms with van der Waals surface area (Å²) in [7, 11) is 0. The van der Waals surface area contributed by atoms with Crippen LogP contribution in [0.25, 0.3) is 0 Å². The molecule has 2 aromatic rings. The van der Waals surface area contributed by atoms with Crippen LogP contribution < -0.4 is 37.6 Å². The zero-order valence-corrected chi connectivity index (χ0v) is 33.2. The minimum atomic E-state index is -1.22. The van der Waals surface area contributed by atoms with E-state index < -0.39 is 65.7 Å². The lowest BCUT2D eigenvalue weighted by atomic mass is 10.0. The molecule has 0 aliphatic rings. The van der Waals surface area contributed by atoms with Crippen LogP contribution in [0, 0.1) is 5.92 Å². The van der Waals surface area contributed by atoms with Gasteiger partial charge in [0, 0.05) is 38.2 Å². The normalized spacial score (nSPS) is 13.7. The number of hydrogen-bond donors (Lipinski definition) is 9. The number of unbranched alkanes of at least 4 members (excludes halogenated alkanes) is 1. The molecule has 6 amide bonds. The zero-order valence-electron chi connectivity index (χ0n) is 31.5. The van der Waals surface area contributed by atoms with E-state index in [1.165, 1.54) is 43.3 Å². The molecule has 0 fully saturated rings. The SMILES string of the molecule is CSCC[C@H](NC(=O)[C@H](CC(C)C)NC(=O)[C@H](CCCCNC(C)=S)NC(=O)[C@H](Cc1ccc(O)cc1)NC(=O)[C@H](Cc1cnc[nH]1)NC(C)=O)C(N)=O. The number of rotatable bonds is 24. The molecule has 1 aromatic carbocycles. The topological polar surface area (TPSA) is 250 Å². The summed E-state index contributed by atoms with van der Waals surface area (Å²) < 4.78 is 0. The van der Waals surface area contributed by atoms with Gasteiger partial charge in [-0.2, -0.15) is 11.8 Å². The van der Waals surface area contributed by atoms with Crippen LogP contribution in [0.4, 0.5) is 0 Å². The Bertz CT molecular complexity index is 1540. The second-order valence-corrected chi connectivity index (χ2v) is 15.0. The lowest BCUT2D eigenvalue weighted by Gasteiger charge is -2.27. The minimum absolute atomic E-state index is 0.00974. The number of nitrogens with zero attached hydrogens (tertiary/aromatic N) is 1. The van der Waals surface area contributed by atoms with E-state index in [1.54, 1.807) is 19.1 Å². The van der Waals surface area contributed by atoms with Crippen molar-refractivity contribution in [3.8, 4) is 5.75 Å². The molecule has 1 heterocycles. The number of aromatic nitrogens is 2. The fourth-order valence-electron chi connectivity index (χ4n) is 5.47. The van der Waals surface area contributed by atoms with E-state index in [9.17, 15) is 33.9 Å². The molecule has 0 bridgehead atoms. The van der Waals surface area contributed by atoms with E-state index in [-0.39, 0.29) is 37.4 Å². The Hall–Kier alpha value is -4.71. The maximum atomic E-state index is 14.1. The number of imidazole rings is 1. The van der Waals surface area contributed by atoms with Gasteiger partial charge in [0.2, 0.25) is 35.4 Å². The first-order valence-corrected chi connectivity index (χ1v) is 19.7. The summed E-state index contributed by atoms with van der Waals surface area (Å²) in [5, 5.41) is 26.5. The molecule has 0 radical (unpaired) electrons. The van der Waals surface area contributed by atoms with E-state index >= 15 is 0 Å². The summed E-state index contributed by atoms with van der Waals surface area (Å²) in [6.07, 6.45) is 6.69. The van der Waals surface area contributed by atoms with E-state index in [0.717, 1.165) is 0 Å². The van der Waals surface area contributed by atoms with Gasteiger partial charge >= 0.3 is 0 Å². The van der Waals surface area contributed by atoms with Gasteiger partial charge in [-0.1, -0.05) is 38.2 Å². The predicted octanol–water partition coefficient (Wildman–Crippen LogP) is 0.736. The molecule has 0 unspecified atom stereocenters. The Balaban J connectivity index is 2.39. The summed E-state index contributed by atoms with van der Waals surface area (Å²) in [6, 6.07) is 0.695. The number of aromatic amines is 1. The van der Waals surface area contributed by atoms with Crippen molar-refractivity contribution in [2.75, 3.05) is 18.6 Å². The van der Waals surface area contributed by atoms with Crippen LogP contribution in [0.3, 0.4) is 0 Å². The molecule has 1 aromatic heterocycles. The van der Waals surface area contributed by atoms with Gasteiger partial charge in [0.05, 0.1) is 11.3 Å². The van der Waals surface area contributed by atoms with E-state index in [2.05, 4.69) is 41.9 Å². The maximum absolute atomic E-state index is 14.1. The number of amides is 6. The molecule has 2 rings (SSSR count). The first kappa shape index (κ1) is 45.4. The molecule has 298 valence electrons. The lowest BCUT2D eigenvalue weighted by molar-refractivity contribution is -0.135. The van der Waals surface area contributed by atoms with Crippen LogP contribution in [-0.2, 0) is 41.6 Å². The van der Waals surface area contributed by atoms with Gasteiger partial charge in [0.1, 0.15) is 36.0 Å². The third-order valence-corrected chi connectivity index (χ3v) is 9.01. The van der Waals surface area contributed by atoms with Crippen LogP contribution in [0.2, 0.25) is 0 Å². The zero-order chi connectivity index (χ0) is 40.2. The smallest absolute Gasteiger partial charge is 0.243 e. The van der Waals surface area contributed by atoms with E-state index in [0.29, 0.717) is 47.8 Å². The highest BCUT2D eigenvalue weighted by atomic mass is 32.2. The molecule has 54 heavy (non-hydrogen) atoms. The summed E-state index contributed by atoms with van der Waals surface area (Å²) in [5.41, 5.74) is 6.72. The molecule has 5 atom stereocenters. The first-order chi connectivity index (χ1) is 25.6. The standard InChI is InChI=1S/C36H55N9O7S2/c1-21(2)16-29(34(50)42-27(32(37)48)13-15-54-5)44-33(49)28(8-6-7-14-39-23(4)53)43-35(51)30(17-24-9-11-26(47)12-10-24)45-36(52)31(41-22(3)46)18-25-19-38-20-40-25/h9-12,19-21,27-31,47H,6-8,13-18H2,1-5H3,(H2,37,48)(H,38,40)(H,39,53)(H,41,46)(H,42,50)(H,43,51)(H,44,49)(H,45,52)/t27-,28-,29-,30-,31-/m0/s1. The van der Waals surface area contributed by atoms with Gasteiger partial charge in [-0.3, -0.25) is 28.8 Å². The average molecular weight is 790 g/mol. The highest BCUT2D eigenvalue weighted by Gasteiger charge is 2.32. The van der Waals surface area contributed by atoms with Crippen molar-refractivity contribution < 1.29 is 33.9 Å². The van der Waals surface area contributed by atoms with Crippen LogP contribution in [0.1, 0.15) is 71.1 Å². The maximum Gasteiger partial charge on any atom is 0.243 e. The monoisotopic (exact) mass is 789 g/mol. The Morgan fingerprint density at radius 2 is 1.39 bits per heavy atom. The Labute approximate surface area is 326 Å². The summed E-state index contributed by atoms with van der Waals surface area (Å²) in [4.78, 5) is 86.8. The van der Waals surface area contributed by atoms with E-state index in [4.69, 9.17) is 18.0 Å². The third kappa shape index (κ3) is 17.4. The second kappa shape index (κ2) is 23.9. The van der Waals surface area contributed by atoms with Gasteiger partial charge < -0.3 is 47.7 Å². The molecular formula is C36H55N9O7S2. The first-order valence-electron chi connectivity index (χ1n) is 17.9. The summed E-state index contributed by atoms with van der Waals surface area (Å²) in [5.74, 6) is -3.14. The minimum Gasteiger partial charge on any atom is -0.508 e. The summed E-state index contributed by atoms with van der Waals surface area (Å²) >= 11 is 6.59. The van der Waals surface area contributed by atoms with Gasteiger partial charge in [-0.05, 0) is 74.7 Å². The van der Waals surface area contributed by atoms with Gasteiger partial charge in [0.25, 0.3) is 0 Å². The van der Waals surface area contributed by atoms with Crippen molar-refractivity contribution in [1.29, 1.82) is 0 Å². The number of thiocarbonyl (C=S) groups is 1. The average Bonchev–Trinajstić information content (AvgIpc) is 3.61. The number of aromatic hydroxyl groups is 1. The van der Waals surface area contributed by atoms with E-state index in [1.807, 2.05) is 20.1 Å². The highest BCUT2D eigenvalue weighted by molar-refractivity contribution is 7.98. The highest BCUT2D eigenvalue weighted by Crippen LogP contribution is 2.14. The van der Waals surface area contributed by atoms with Crippen molar-refractivity contribution in [2.24, 2.45) is 11.7 Å². The van der Waals surface area contributed by atoms with Crippen molar-refractivity contribution in [1.82, 2.24) is 41.9 Å². The number of nitrogens with two attached hydrogens (primary N) is 1. The fraction of sp³-hybridized carbons (Fsp3) is 0.556. The second-order valence-electron chi connectivity index (χ2n) is 13.4. The Morgan fingerprint density at radius 3 is 1.94 bits per heavy atom. The molecule has 10 N–H and O–H groups in total. The number of phenolic OH excluding ortho intramolecular Hbond substituents is 1. The number of H-pyrrole nitrogens is 1. The van der Waals surface area contributed by atoms with Crippen LogP contribution >= 0.6 is 24.0 Å². The number of nitrogens with one attached hydrogen (secondary N) is 7. The van der Waals surface area contributed by atoms with Crippen molar-refractivity contribution in [3.05, 3.63) is 48.0 Å². The molecule has 0 saturated carbocycles. The molecule has 0 aliphatic heterocycles. The van der Waals surface area contributed by atoms with Crippen LogP contribution in [0.15, 0.2) is 36.8 Å². The number of phenols is 1. The molecule has 18 heteroatoms. The number of carbonyl (C=O) groups is 6. The van der Waals surface area contributed by atoms with Gasteiger partial charge in [0.15, 0.2) is 0 Å². The predicted molar refractivity (Wildman–Crippen MR) is 211 cm³/mol. The third-order valence-electron chi connectivity index (χ3n) is 8.22. The van der Waals surface area contributed by atoms with Crippen LogP contribution in [0.5, 0.6) is 5.75 Å². The number of hydrogen-bond acceptors (Lipinski definition) is 10. The molecule has 0 aliphatic carbocycles. The largest absolute Gasteiger partial charge is 0.508 e. The number of primary amides is 1. The fourth-order valence-corrected chi connectivity index (χ4v) is 6.04. The summed E-state index contributed by atoms with van der Waals surface area (Å²) in [6.45, 7) is 7.33. The van der Waals surface area contributed by atoms with Gasteiger partial charge in [-0.15, -0.1) is 0 Å². The molecule has 16 nitrogen and oxygen atoms in total. The quantitative estimate of drug-likeness (QED) is 0.0530. The Kier molecular flexibility index (Phi) is 20.1. The Morgan fingerprint density at radius 1 is 0.815 bits per heavy atom. The van der Waals surface area contributed by atoms with Crippen molar-refractivity contribution in [2.45, 2.75) is 103 Å². The van der Waals surface area contributed by atoms with Crippen LogP contribution in [-0.4, -0.2) is 104 Å².